The van der Waals surface area contributed by atoms with Crippen molar-refractivity contribution in [1.82, 2.24) is 10.3 Å². The van der Waals surface area contributed by atoms with Crippen LogP contribution in [0.25, 0.3) is 0 Å². The van der Waals surface area contributed by atoms with Crippen molar-refractivity contribution in [3.63, 3.8) is 0 Å². The Bertz CT molecular complexity index is 973. The maximum Gasteiger partial charge on any atom is 0.255 e. The second-order valence-corrected chi connectivity index (χ2v) is 7.77. The van der Waals surface area contributed by atoms with Crippen LogP contribution in [-0.2, 0) is 9.59 Å². The molecule has 0 saturated heterocycles. The first-order valence-corrected chi connectivity index (χ1v) is 9.99. The SMILES string of the molecule is CC1=C(C(=O)Nc2cc(C)ccn2)C(c2ccsc2)C2=C(CCCC2=O)N1. The van der Waals surface area contributed by atoms with Crippen molar-refractivity contribution in [2.45, 2.75) is 39.0 Å². The normalized spacial score (nSPS) is 19.6. The van der Waals surface area contributed by atoms with Crippen LogP contribution in [0.15, 0.2) is 57.7 Å². The molecule has 1 atom stereocenters. The Balaban J connectivity index is 1.75. The highest BCUT2D eigenvalue weighted by Crippen LogP contribution is 2.42. The van der Waals surface area contributed by atoms with Gasteiger partial charge in [0.15, 0.2) is 5.78 Å². The topological polar surface area (TPSA) is 71.1 Å². The van der Waals surface area contributed by atoms with Crippen molar-refractivity contribution >= 4 is 28.8 Å². The van der Waals surface area contributed by atoms with Crippen molar-refractivity contribution < 1.29 is 9.59 Å². The number of amides is 1. The monoisotopic (exact) mass is 379 g/mol. The molecule has 2 aromatic heterocycles. The summed E-state index contributed by atoms with van der Waals surface area (Å²) >= 11 is 1.57. The Morgan fingerprint density at radius 1 is 1.30 bits per heavy atom. The number of allylic oxidation sites excluding steroid dienone is 3. The number of carbonyl (C=O) groups is 2. The molecule has 2 N–H and O–H groups in total. The standard InChI is InChI=1S/C21H21N3O2S/c1-12-6-8-22-17(10-12)24-21(26)18-13(2)23-15-4-3-5-16(25)20(15)19(18)14-7-9-27-11-14/h6-11,19,23H,3-5H2,1-2H3,(H,22,24,26). The molecule has 0 spiro atoms. The van der Waals surface area contributed by atoms with Gasteiger partial charge in [0.05, 0.1) is 0 Å². The van der Waals surface area contributed by atoms with E-state index in [1.165, 1.54) is 0 Å². The van der Waals surface area contributed by atoms with E-state index in [0.717, 1.165) is 40.9 Å². The molecule has 0 aromatic carbocycles. The third-order valence-corrected chi connectivity index (χ3v) is 5.76. The van der Waals surface area contributed by atoms with Gasteiger partial charge >= 0.3 is 0 Å². The molecule has 2 aliphatic rings. The summed E-state index contributed by atoms with van der Waals surface area (Å²) in [4.78, 5) is 30.2. The molecule has 0 radical (unpaired) electrons. The molecule has 1 amide bonds. The highest BCUT2D eigenvalue weighted by atomic mass is 32.1. The largest absolute Gasteiger partial charge is 0.362 e. The highest BCUT2D eigenvalue weighted by Gasteiger charge is 2.38. The summed E-state index contributed by atoms with van der Waals surface area (Å²) < 4.78 is 0. The number of hydrogen-bond acceptors (Lipinski definition) is 5. The van der Waals surface area contributed by atoms with E-state index in [9.17, 15) is 9.59 Å². The Hall–Kier alpha value is -2.73. The Morgan fingerprint density at radius 3 is 2.89 bits per heavy atom. The summed E-state index contributed by atoms with van der Waals surface area (Å²) in [6.45, 7) is 3.86. The first kappa shape index (κ1) is 17.7. The van der Waals surface area contributed by atoms with Gasteiger partial charge in [-0.2, -0.15) is 11.3 Å². The molecule has 6 heteroatoms. The number of Topliss-reactive ketones (excluding diaryl/α,β-unsaturated/α-hetero) is 1. The fourth-order valence-electron chi connectivity index (χ4n) is 3.85. The first-order valence-electron chi connectivity index (χ1n) is 9.04. The molecule has 2 aromatic rings. The van der Waals surface area contributed by atoms with E-state index in [0.29, 0.717) is 17.8 Å². The van der Waals surface area contributed by atoms with Gasteiger partial charge < -0.3 is 10.6 Å². The van der Waals surface area contributed by atoms with E-state index in [4.69, 9.17) is 0 Å². The molecular weight excluding hydrogens is 358 g/mol. The maximum absolute atomic E-state index is 13.2. The lowest BCUT2D eigenvalue weighted by atomic mass is 9.75. The molecule has 1 aliphatic heterocycles. The zero-order valence-electron chi connectivity index (χ0n) is 15.3. The minimum absolute atomic E-state index is 0.131. The van der Waals surface area contributed by atoms with Crippen LogP contribution in [-0.4, -0.2) is 16.7 Å². The summed E-state index contributed by atoms with van der Waals surface area (Å²) in [5, 5.41) is 10.2. The predicted molar refractivity (Wildman–Crippen MR) is 106 cm³/mol. The third kappa shape index (κ3) is 3.32. The lowest BCUT2D eigenvalue weighted by Crippen LogP contribution is -2.35. The van der Waals surface area contributed by atoms with Crippen LogP contribution in [0.2, 0.25) is 0 Å². The van der Waals surface area contributed by atoms with Gasteiger partial charge in [0, 0.05) is 41.1 Å². The molecule has 27 heavy (non-hydrogen) atoms. The van der Waals surface area contributed by atoms with Crippen LogP contribution in [0.3, 0.4) is 0 Å². The fourth-order valence-corrected chi connectivity index (χ4v) is 4.53. The second-order valence-electron chi connectivity index (χ2n) is 6.99. The van der Waals surface area contributed by atoms with Gasteiger partial charge in [0.2, 0.25) is 0 Å². The van der Waals surface area contributed by atoms with Crippen molar-refractivity contribution in [2.24, 2.45) is 0 Å². The Kier molecular flexibility index (Phi) is 4.66. The van der Waals surface area contributed by atoms with E-state index in [1.54, 1.807) is 17.5 Å². The van der Waals surface area contributed by atoms with Gasteiger partial charge in [-0.3, -0.25) is 9.59 Å². The smallest absolute Gasteiger partial charge is 0.255 e. The van der Waals surface area contributed by atoms with Gasteiger partial charge in [0.1, 0.15) is 5.82 Å². The third-order valence-electron chi connectivity index (χ3n) is 5.05. The number of dihydropyridines is 1. The number of thiophene rings is 1. The summed E-state index contributed by atoms with van der Waals surface area (Å²) in [6.07, 6.45) is 3.90. The fraction of sp³-hybridized carbons (Fsp3) is 0.286. The Labute approximate surface area is 162 Å². The van der Waals surface area contributed by atoms with Gasteiger partial charge in [-0.15, -0.1) is 0 Å². The minimum atomic E-state index is -0.329. The summed E-state index contributed by atoms with van der Waals surface area (Å²) in [5.74, 6) is 0.0925. The number of nitrogens with one attached hydrogen (secondary N) is 2. The highest BCUT2D eigenvalue weighted by molar-refractivity contribution is 7.08. The molecule has 0 bridgehead atoms. The molecular formula is C21H21N3O2S. The molecule has 0 fully saturated rings. The van der Waals surface area contributed by atoms with Crippen molar-refractivity contribution in [1.29, 1.82) is 0 Å². The summed E-state index contributed by atoms with van der Waals surface area (Å²) in [6, 6.07) is 5.72. The van der Waals surface area contributed by atoms with E-state index < -0.39 is 0 Å². The van der Waals surface area contributed by atoms with E-state index in [2.05, 4.69) is 15.6 Å². The van der Waals surface area contributed by atoms with Crippen molar-refractivity contribution in [3.05, 3.63) is 68.8 Å². The number of aromatic nitrogens is 1. The van der Waals surface area contributed by atoms with Crippen LogP contribution in [0.1, 0.15) is 43.2 Å². The molecule has 1 unspecified atom stereocenters. The van der Waals surface area contributed by atoms with E-state index >= 15 is 0 Å². The first-order chi connectivity index (χ1) is 13.0. The van der Waals surface area contributed by atoms with E-state index in [1.807, 2.05) is 42.8 Å². The van der Waals surface area contributed by atoms with Gasteiger partial charge in [0.25, 0.3) is 5.91 Å². The van der Waals surface area contributed by atoms with Crippen LogP contribution in [0, 0.1) is 6.92 Å². The van der Waals surface area contributed by atoms with E-state index in [-0.39, 0.29) is 17.6 Å². The number of pyridine rings is 1. The average molecular weight is 379 g/mol. The minimum Gasteiger partial charge on any atom is -0.362 e. The number of carbonyl (C=O) groups excluding carboxylic acids is 2. The van der Waals surface area contributed by atoms with Crippen LogP contribution in [0.5, 0.6) is 0 Å². The van der Waals surface area contributed by atoms with Crippen LogP contribution < -0.4 is 10.6 Å². The summed E-state index contributed by atoms with van der Waals surface area (Å²) in [7, 11) is 0. The molecule has 0 saturated carbocycles. The number of rotatable bonds is 3. The van der Waals surface area contributed by atoms with Gasteiger partial charge in [-0.25, -0.2) is 4.98 Å². The number of ketones is 1. The van der Waals surface area contributed by atoms with Crippen LogP contribution >= 0.6 is 11.3 Å². The van der Waals surface area contributed by atoms with Gasteiger partial charge in [-0.1, -0.05) is 0 Å². The number of hydrogen-bond donors (Lipinski definition) is 2. The Morgan fingerprint density at radius 2 is 2.15 bits per heavy atom. The van der Waals surface area contributed by atoms with Gasteiger partial charge in [-0.05, 0) is 66.8 Å². The second kappa shape index (κ2) is 7.12. The van der Waals surface area contributed by atoms with Crippen molar-refractivity contribution in [2.75, 3.05) is 5.32 Å². The lowest BCUT2D eigenvalue weighted by Gasteiger charge is -2.34. The predicted octanol–water partition coefficient (Wildman–Crippen LogP) is 4.06. The zero-order chi connectivity index (χ0) is 19.0. The lowest BCUT2D eigenvalue weighted by molar-refractivity contribution is -0.116. The molecule has 138 valence electrons. The maximum atomic E-state index is 13.2. The number of aryl methyl sites for hydroxylation is 1. The number of anilines is 1. The molecule has 4 rings (SSSR count). The van der Waals surface area contributed by atoms with Crippen molar-refractivity contribution in [3.8, 4) is 0 Å². The number of nitrogens with zero attached hydrogens (tertiary/aromatic N) is 1. The summed E-state index contributed by atoms with van der Waals surface area (Å²) in [5.41, 5.74) is 5.11. The average Bonchev–Trinajstić information content (AvgIpc) is 3.15. The molecule has 3 heterocycles. The van der Waals surface area contributed by atoms with Crippen LogP contribution in [0.4, 0.5) is 5.82 Å². The molecule has 1 aliphatic carbocycles. The molecule has 5 nitrogen and oxygen atoms in total. The quantitative estimate of drug-likeness (QED) is 0.844. The zero-order valence-corrected chi connectivity index (χ0v) is 16.2.